The highest BCUT2D eigenvalue weighted by Crippen LogP contribution is 2.33. The molecule has 0 aliphatic rings. The highest BCUT2D eigenvalue weighted by atomic mass is 32.2. The smallest absolute Gasteiger partial charge is 0.416 e. The number of fused-ring (bicyclic) bond motifs is 1. The van der Waals surface area contributed by atoms with E-state index in [1.807, 2.05) is 6.26 Å². The number of nitrogens with one attached hydrogen (secondary N) is 1. The third-order valence-corrected chi connectivity index (χ3v) is 5.94. The summed E-state index contributed by atoms with van der Waals surface area (Å²) in [4.78, 5) is 24.7. The second-order valence-corrected chi connectivity index (χ2v) is 9.19. The number of hydrogen-bond donors (Lipinski definition) is 2. The Hall–Kier alpha value is -3.24. The molecule has 1 amide bonds. The van der Waals surface area contributed by atoms with Gasteiger partial charge in [0.15, 0.2) is 0 Å². The number of thioether (sulfide) groups is 1. The zero-order valence-electron chi connectivity index (χ0n) is 19.8. The van der Waals surface area contributed by atoms with E-state index in [-0.39, 0.29) is 18.3 Å². The van der Waals surface area contributed by atoms with Crippen LogP contribution in [0.1, 0.15) is 29.3 Å². The molecule has 0 aliphatic carbocycles. The van der Waals surface area contributed by atoms with Crippen molar-refractivity contribution < 1.29 is 32.2 Å². The molecule has 6 nitrogen and oxygen atoms in total. The van der Waals surface area contributed by atoms with Crippen LogP contribution < -0.4 is 15.8 Å². The third-order valence-electron chi connectivity index (χ3n) is 5.30. The fourth-order valence-electron chi connectivity index (χ4n) is 3.35. The number of alkyl halides is 3. The van der Waals surface area contributed by atoms with E-state index < -0.39 is 29.8 Å². The topological polar surface area (TPSA) is 90.7 Å². The summed E-state index contributed by atoms with van der Waals surface area (Å²) in [6.07, 6.45) is -1.98. The predicted molar refractivity (Wildman–Crippen MR) is 134 cm³/mol. The molecule has 0 spiro atoms. The summed E-state index contributed by atoms with van der Waals surface area (Å²) >= 11 is 1.59. The highest BCUT2D eigenvalue weighted by molar-refractivity contribution is 7.98. The predicted octanol–water partition coefficient (Wildman–Crippen LogP) is 5.39. The quantitative estimate of drug-likeness (QED) is 0.348. The molecule has 0 radical (unpaired) electrons. The van der Waals surface area contributed by atoms with Gasteiger partial charge in [0.25, 0.3) is 5.91 Å². The van der Waals surface area contributed by atoms with Gasteiger partial charge in [-0.1, -0.05) is 12.1 Å². The fraction of sp³-hybridized carbons (Fsp3) is 0.308. The van der Waals surface area contributed by atoms with Crippen LogP contribution in [-0.2, 0) is 15.7 Å². The van der Waals surface area contributed by atoms with E-state index in [0.717, 1.165) is 17.9 Å². The molecule has 2 atom stereocenters. The van der Waals surface area contributed by atoms with Crippen molar-refractivity contribution in [3.05, 3.63) is 71.8 Å². The van der Waals surface area contributed by atoms with Crippen molar-refractivity contribution in [3.63, 3.8) is 0 Å². The maximum Gasteiger partial charge on any atom is 0.416 e. The Bertz CT molecular complexity index is 1200. The van der Waals surface area contributed by atoms with Crippen LogP contribution in [0.3, 0.4) is 0 Å². The Kier molecular flexibility index (Phi) is 9.22. The number of carbonyl (C=O) groups excluding carboxylic acids is 2. The van der Waals surface area contributed by atoms with Gasteiger partial charge in [-0.05, 0) is 79.3 Å². The first-order chi connectivity index (χ1) is 17.1. The van der Waals surface area contributed by atoms with Crippen LogP contribution >= 0.6 is 11.8 Å². The molecule has 0 saturated heterocycles. The van der Waals surface area contributed by atoms with Crippen LogP contribution in [0.5, 0.6) is 11.5 Å². The molecule has 3 N–H and O–H groups in total. The number of benzene rings is 3. The first kappa shape index (κ1) is 27.3. The van der Waals surface area contributed by atoms with Gasteiger partial charge < -0.3 is 20.5 Å². The Balaban J connectivity index is 1.64. The van der Waals surface area contributed by atoms with E-state index in [2.05, 4.69) is 5.32 Å². The van der Waals surface area contributed by atoms with Gasteiger partial charge in [-0.2, -0.15) is 24.9 Å². The zero-order valence-corrected chi connectivity index (χ0v) is 20.6. The molecular weight excluding hydrogens is 493 g/mol. The van der Waals surface area contributed by atoms with E-state index in [9.17, 15) is 22.8 Å². The van der Waals surface area contributed by atoms with Crippen LogP contribution in [0.15, 0.2) is 60.7 Å². The third kappa shape index (κ3) is 7.38. The van der Waals surface area contributed by atoms with Crippen molar-refractivity contribution in [2.75, 3.05) is 18.6 Å². The first-order valence-electron chi connectivity index (χ1n) is 11.2. The van der Waals surface area contributed by atoms with E-state index >= 15 is 0 Å². The maximum atomic E-state index is 12.8. The summed E-state index contributed by atoms with van der Waals surface area (Å²) in [6, 6.07) is 13.5. The van der Waals surface area contributed by atoms with Gasteiger partial charge in [-0.3, -0.25) is 9.59 Å². The van der Waals surface area contributed by atoms with Crippen molar-refractivity contribution in [3.8, 4) is 11.5 Å². The molecule has 0 heterocycles. The number of halogens is 3. The Morgan fingerprint density at radius 2 is 1.81 bits per heavy atom. The molecule has 192 valence electrons. The average molecular weight is 521 g/mol. The minimum atomic E-state index is -4.42. The standard InChI is InChI=1S/C26H27F3N2O4S/c1-16(15-34-25(33)22(30)12-13-36-2)31-24(32)18-6-11-21-17(14-18)4-3-5-23(21)35-20-9-7-19(8-10-20)26(27,28)29/h3-11,14,16,22H,12-13,15,30H2,1-2H3,(H,31,32)/t16-,22+/m1/s1. The molecule has 0 fully saturated rings. The molecule has 0 saturated carbocycles. The lowest BCUT2D eigenvalue weighted by Crippen LogP contribution is -2.39. The van der Waals surface area contributed by atoms with Gasteiger partial charge in [0.2, 0.25) is 0 Å². The van der Waals surface area contributed by atoms with Crippen molar-refractivity contribution in [1.29, 1.82) is 0 Å². The Morgan fingerprint density at radius 1 is 1.08 bits per heavy atom. The molecule has 36 heavy (non-hydrogen) atoms. The average Bonchev–Trinajstić information content (AvgIpc) is 2.85. The highest BCUT2D eigenvalue weighted by Gasteiger charge is 2.30. The van der Waals surface area contributed by atoms with Gasteiger partial charge >= 0.3 is 12.1 Å². The number of nitrogens with two attached hydrogens (primary N) is 1. The molecular formula is C26H27F3N2O4S. The summed E-state index contributed by atoms with van der Waals surface area (Å²) in [5, 5.41) is 4.19. The number of rotatable bonds is 10. The molecule has 0 unspecified atom stereocenters. The first-order valence-corrected chi connectivity index (χ1v) is 12.6. The van der Waals surface area contributed by atoms with Crippen LogP contribution in [0, 0.1) is 0 Å². The number of ether oxygens (including phenoxy) is 2. The minimum absolute atomic E-state index is 0.00373. The van der Waals surface area contributed by atoms with Gasteiger partial charge in [-0.15, -0.1) is 0 Å². The largest absolute Gasteiger partial charge is 0.462 e. The van der Waals surface area contributed by atoms with Gasteiger partial charge in [0.05, 0.1) is 11.6 Å². The summed E-state index contributed by atoms with van der Waals surface area (Å²) in [7, 11) is 0. The number of esters is 1. The molecule has 0 bridgehead atoms. The molecule has 3 rings (SSSR count). The van der Waals surface area contributed by atoms with Gasteiger partial charge in [0.1, 0.15) is 24.1 Å². The summed E-state index contributed by atoms with van der Waals surface area (Å²) < 4.78 is 49.4. The van der Waals surface area contributed by atoms with Crippen molar-refractivity contribution >= 4 is 34.4 Å². The summed E-state index contributed by atoms with van der Waals surface area (Å²) in [5.74, 6) is 0.602. The molecule has 3 aromatic rings. The second kappa shape index (κ2) is 12.1. The molecule has 3 aromatic carbocycles. The van der Waals surface area contributed by atoms with Crippen LogP contribution in [-0.4, -0.2) is 42.6 Å². The lowest BCUT2D eigenvalue weighted by atomic mass is 10.1. The van der Waals surface area contributed by atoms with Crippen molar-refractivity contribution in [2.24, 2.45) is 5.73 Å². The Morgan fingerprint density at radius 3 is 2.47 bits per heavy atom. The Labute approximate surface area is 211 Å². The molecule has 10 heteroatoms. The van der Waals surface area contributed by atoms with Crippen LogP contribution in [0.2, 0.25) is 0 Å². The minimum Gasteiger partial charge on any atom is -0.462 e. The molecule has 0 aromatic heterocycles. The number of carbonyl (C=O) groups is 2. The van der Waals surface area contributed by atoms with Crippen molar-refractivity contribution in [2.45, 2.75) is 31.6 Å². The lowest BCUT2D eigenvalue weighted by Gasteiger charge is -2.17. The van der Waals surface area contributed by atoms with Gasteiger partial charge in [0, 0.05) is 10.9 Å². The summed E-state index contributed by atoms with van der Waals surface area (Å²) in [6.45, 7) is 1.71. The van der Waals surface area contributed by atoms with E-state index in [1.165, 1.54) is 12.1 Å². The monoisotopic (exact) mass is 520 g/mol. The zero-order chi connectivity index (χ0) is 26.3. The van der Waals surface area contributed by atoms with E-state index in [0.29, 0.717) is 28.5 Å². The number of amides is 1. The fourth-order valence-corrected chi connectivity index (χ4v) is 3.84. The maximum absolute atomic E-state index is 12.8. The van der Waals surface area contributed by atoms with Crippen molar-refractivity contribution in [1.82, 2.24) is 5.32 Å². The SMILES string of the molecule is CSCC[C@H](N)C(=O)OC[C@@H](C)NC(=O)c1ccc2c(Oc3ccc(C(F)(F)F)cc3)cccc2c1. The number of hydrogen-bond acceptors (Lipinski definition) is 6. The second-order valence-electron chi connectivity index (χ2n) is 8.21. The van der Waals surface area contributed by atoms with Crippen LogP contribution in [0.25, 0.3) is 10.8 Å². The summed E-state index contributed by atoms with van der Waals surface area (Å²) in [5.41, 5.74) is 5.42. The van der Waals surface area contributed by atoms with E-state index in [4.69, 9.17) is 15.2 Å². The normalized spacial score (nSPS) is 13.2. The van der Waals surface area contributed by atoms with E-state index in [1.54, 1.807) is 55.1 Å². The van der Waals surface area contributed by atoms with Gasteiger partial charge in [-0.25, -0.2) is 0 Å². The lowest BCUT2D eigenvalue weighted by molar-refractivity contribution is -0.145. The molecule has 0 aliphatic heterocycles. The van der Waals surface area contributed by atoms with Crippen LogP contribution in [0.4, 0.5) is 13.2 Å².